The third kappa shape index (κ3) is 8.67. The number of hydrogen-bond acceptors (Lipinski definition) is 7. The molecule has 0 bridgehead atoms. The van der Waals surface area contributed by atoms with Crippen LogP contribution < -0.4 is 10.6 Å². The lowest BCUT2D eigenvalue weighted by molar-refractivity contribution is -0.160. The molecule has 0 radical (unpaired) electrons. The van der Waals surface area contributed by atoms with Crippen LogP contribution in [0.15, 0.2) is 72.8 Å². The molecule has 2 atom stereocenters. The lowest BCUT2D eigenvalue weighted by atomic mass is 9.99. The number of aliphatic hydroxyl groups excluding tert-OH is 1. The van der Waals surface area contributed by atoms with Gasteiger partial charge in [0, 0.05) is 18.3 Å². The molecule has 0 saturated heterocycles. The number of rotatable bonds is 11. The number of nitrogens with one attached hydrogen (secondary N) is 2. The van der Waals surface area contributed by atoms with Crippen LogP contribution in [0.4, 0.5) is 5.69 Å². The van der Waals surface area contributed by atoms with E-state index in [1.807, 2.05) is 89.2 Å². The second-order valence-electron chi connectivity index (χ2n) is 10.8. The summed E-state index contributed by atoms with van der Waals surface area (Å²) in [6.45, 7) is 9.94. The zero-order chi connectivity index (χ0) is 28.6. The summed E-state index contributed by atoms with van der Waals surface area (Å²) in [5, 5.41) is 17.5. The van der Waals surface area contributed by atoms with Gasteiger partial charge in [-0.2, -0.15) is 0 Å². The molecule has 0 fully saturated rings. The van der Waals surface area contributed by atoms with Gasteiger partial charge >= 0.3 is 11.9 Å². The molecular weight excluding hydrogens is 492 g/mol. The second kappa shape index (κ2) is 13.4. The molecule has 0 aliphatic carbocycles. The predicted molar refractivity (Wildman–Crippen MR) is 155 cm³/mol. The predicted octanol–water partition coefficient (Wildman–Crippen LogP) is 5.54. The molecule has 3 aromatic rings. The minimum atomic E-state index is -1.04. The Bertz CT molecular complexity index is 1230. The Morgan fingerprint density at radius 3 is 2.15 bits per heavy atom. The molecule has 0 spiro atoms. The van der Waals surface area contributed by atoms with Crippen LogP contribution in [0.25, 0.3) is 11.1 Å². The monoisotopic (exact) mass is 532 g/mol. The van der Waals surface area contributed by atoms with Gasteiger partial charge in [0.05, 0.1) is 12.7 Å². The zero-order valence-corrected chi connectivity index (χ0v) is 23.7. The van der Waals surface area contributed by atoms with Gasteiger partial charge in [-0.1, -0.05) is 60.7 Å². The maximum atomic E-state index is 12.9. The highest BCUT2D eigenvalue weighted by atomic mass is 16.6. The quantitative estimate of drug-likeness (QED) is 0.279. The molecule has 3 aromatic carbocycles. The number of esters is 2. The van der Waals surface area contributed by atoms with Crippen molar-refractivity contribution in [3.05, 3.63) is 89.5 Å². The molecule has 3 rings (SSSR count). The van der Waals surface area contributed by atoms with Crippen molar-refractivity contribution in [2.75, 3.05) is 19.0 Å². The number of aliphatic hydroxyl groups is 1. The van der Waals surface area contributed by atoms with Crippen molar-refractivity contribution in [3.8, 4) is 11.1 Å². The Morgan fingerprint density at radius 1 is 0.923 bits per heavy atom. The summed E-state index contributed by atoms with van der Waals surface area (Å²) in [5.74, 6) is -0.870. The van der Waals surface area contributed by atoms with E-state index in [0.29, 0.717) is 24.1 Å². The number of carbonyl (C=O) groups excluding carboxylic acids is 2. The fourth-order valence-corrected chi connectivity index (χ4v) is 4.21. The standard InChI is InChI=1S/C32H40N2O5/c1-21(2)34-27-20-25(16-17-26(27)30(36)38-6)23-14-12-22(13-15-23)18-19-33-28(31(37)39-32(3,4)5)29(35)24-10-8-7-9-11-24/h7-17,20-21,28-29,33-35H,18-19H2,1-6H3/t28?,29-/m1/s1. The van der Waals surface area contributed by atoms with Gasteiger partial charge in [-0.15, -0.1) is 0 Å². The molecule has 1 unspecified atom stereocenters. The molecule has 0 saturated carbocycles. The lowest BCUT2D eigenvalue weighted by Crippen LogP contribution is -2.46. The van der Waals surface area contributed by atoms with Gasteiger partial charge in [0.25, 0.3) is 0 Å². The average molecular weight is 533 g/mol. The van der Waals surface area contributed by atoms with Crippen LogP contribution in [0.3, 0.4) is 0 Å². The highest BCUT2D eigenvalue weighted by Crippen LogP contribution is 2.27. The van der Waals surface area contributed by atoms with Gasteiger partial charge in [-0.3, -0.25) is 4.79 Å². The Kier molecular flexibility index (Phi) is 10.3. The zero-order valence-electron chi connectivity index (χ0n) is 23.7. The molecule has 7 heteroatoms. The van der Waals surface area contributed by atoms with Crippen LogP contribution >= 0.6 is 0 Å². The van der Waals surface area contributed by atoms with Gasteiger partial charge in [-0.25, -0.2) is 4.79 Å². The van der Waals surface area contributed by atoms with E-state index in [-0.39, 0.29) is 12.0 Å². The Balaban J connectivity index is 1.71. The number of carbonyl (C=O) groups is 2. The highest BCUT2D eigenvalue weighted by molar-refractivity contribution is 5.96. The first kappa shape index (κ1) is 29.9. The minimum Gasteiger partial charge on any atom is -0.465 e. The second-order valence-corrected chi connectivity index (χ2v) is 10.8. The van der Waals surface area contributed by atoms with Gasteiger partial charge < -0.3 is 25.2 Å². The number of benzene rings is 3. The highest BCUT2D eigenvalue weighted by Gasteiger charge is 2.31. The minimum absolute atomic E-state index is 0.156. The number of methoxy groups -OCH3 is 1. The molecule has 0 aliphatic heterocycles. The van der Waals surface area contributed by atoms with Crippen LogP contribution in [0.2, 0.25) is 0 Å². The summed E-state index contributed by atoms with van der Waals surface area (Å²) < 4.78 is 10.5. The summed E-state index contributed by atoms with van der Waals surface area (Å²) in [6, 6.07) is 22.2. The van der Waals surface area contributed by atoms with E-state index in [1.54, 1.807) is 18.2 Å². The third-order valence-electron chi connectivity index (χ3n) is 6.05. The fourth-order valence-electron chi connectivity index (χ4n) is 4.21. The molecular formula is C32H40N2O5. The maximum Gasteiger partial charge on any atom is 0.339 e. The van der Waals surface area contributed by atoms with Crippen LogP contribution in [-0.4, -0.2) is 48.4 Å². The van der Waals surface area contributed by atoms with Gasteiger partial charge in [0.2, 0.25) is 0 Å². The molecule has 0 heterocycles. The Labute approximate surface area is 231 Å². The van der Waals surface area contributed by atoms with Gasteiger partial charge in [0.15, 0.2) is 0 Å². The molecule has 0 amide bonds. The van der Waals surface area contributed by atoms with E-state index in [9.17, 15) is 14.7 Å². The van der Waals surface area contributed by atoms with Crippen molar-refractivity contribution in [2.45, 2.75) is 64.8 Å². The molecule has 39 heavy (non-hydrogen) atoms. The molecule has 7 nitrogen and oxygen atoms in total. The van der Waals surface area contributed by atoms with Crippen LogP contribution in [0.5, 0.6) is 0 Å². The Hall–Kier alpha value is -3.68. The van der Waals surface area contributed by atoms with E-state index < -0.39 is 23.7 Å². The fraction of sp³-hybridized carbons (Fsp3) is 0.375. The summed E-state index contributed by atoms with van der Waals surface area (Å²) in [4.78, 5) is 25.1. The van der Waals surface area contributed by atoms with Gasteiger partial charge in [0.1, 0.15) is 17.7 Å². The van der Waals surface area contributed by atoms with Crippen molar-refractivity contribution in [1.82, 2.24) is 5.32 Å². The third-order valence-corrected chi connectivity index (χ3v) is 6.05. The summed E-state index contributed by atoms with van der Waals surface area (Å²) >= 11 is 0. The molecule has 3 N–H and O–H groups in total. The van der Waals surface area contributed by atoms with Crippen LogP contribution in [0.1, 0.15) is 62.2 Å². The smallest absolute Gasteiger partial charge is 0.339 e. The first-order valence-electron chi connectivity index (χ1n) is 13.3. The largest absolute Gasteiger partial charge is 0.465 e. The number of anilines is 1. The lowest BCUT2D eigenvalue weighted by Gasteiger charge is -2.27. The van der Waals surface area contributed by atoms with E-state index in [1.165, 1.54) is 7.11 Å². The number of ether oxygens (including phenoxy) is 2. The Morgan fingerprint density at radius 2 is 1.56 bits per heavy atom. The SMILES string of the molecule is COC(=O)c1ccc(-c2ccc(CCNC(C(=O)OC(C)(C)C)[C@H](O)c3ccccc3)cc2)cc1NC(C)C. The van der Waals surface area contributed by atoms with E-state index in [2.05, 4.69) is 10.6 Å². The summed E-state index contributed by atoms with van der Waals surface area (Å²) in [7, 11) is 1.38. The molecule has 0 aromatic heterocycles. The van der Waals surface area contributed by atoms with Crippen molar-refractivity contribution >= 4 is 17.6 Å². The van der Waals surface area contributed by atoms with Gasteiger partial charge in [-0.05, 0) is 75.4 Å². The molecule has 208 valence electrons. The van der Waals surface area contributed by atoms with Crippen molar-refractivity contribution in [2.24, 2.45) is 0 Å². The topological polar surface area (TPSA) is 96.9 Å². The summed E-state index contributed by atoms with van der Waals surface area (Å²) in [5.41, 5.74) is 4.28. The first-order chi connectivity index (χ1) is 18.5. The van der Waals surface area contributed by atoms with E-state index in [4.69, 9.17) is 9.47 Å². The van der Waals surface area contributed by atoms with Crippen molar-refractivity contribution < 1.29 is 24.2 Å². The first-order valence-corrected chi connectivity index (χ1v) is 13.3. The van der Waals surface area contributed by atoms with Crippen LogP contribution in [-0.2, 0) is 20.7 Å². The maximum absolute atomic E-state index is 12.9. The number of hydrogen-bond donors (Lipinski definition) is 3. The van der Waals surface area contributed by atoms with E-state index >= 15 is 0 Å². The van der Waals surface area contributed by atoms with Crippen LogP contribution in [0, 0.1) is 0 Å². The van der Waals surface area contributed by atoms with Crippen molar-refractivity contribution in [3.63, 3.8) is 0 Å². The normalized spacial score (nSPS) is 13.0. The average Bonchev–Trinajstić information content (AvgIpc) is 2.90. The summed E-state index contributed by atoms with van der Waals surface area (Å²) in [6.07, 6.45) is -0.382. The van der Waals surface area contributed by atoms with Crippen molar-refractivity contribution in [1.29, 1.82) is 0 Å². The van der Waals surface area contributed by atoms with E-state index in [0.717, 1.165) is 22.4 Å². The molecule has 0 aliphatic rings.